The number of nitrogens with one attached hydrogen (secondary N) is 1. The summed E-state index contributed by atoms with van der Waals surface area (Å²) >= 11 is 0. The van der Waals surface area contributed by atoms with Gasteiger partial charge < -0.3 is 15.8 Å². The van der Waals surface area contributed by atoms with Crippen LogP contribution in [0.4, 0.5) is 18.9 Å². The van der Waals surface area contributed by atoms with E-state index in [4.69, 9.17) is 10.5 Å². The lowest BCUT2D eigenvalue weighted by atomic mass is 10.1. The van der Waals surface area contributed by atoms with Gasteiger partial charge in [-0.2, -0.15) is 13.2 Å². The predicted molar refractivity (Wildman–Crippen MR) is 83.7 cm³/mol. The Hall–Kier alpha value is -1.96. The Labute approximate surface area is 133 Å². The van der Waals surface area contributed by atoms with Crippen molar-refractivity contribution in [1.29, 1.82) is 0 Å². The van der Waals surface area contributed by atoms with Gasteiger partial charge in [-0.15, -0.1) is 0 Å². The van der Waals surface area contributed by atoms with Gasteiger partial charge in [0.15, 0.2) is 5.96 Å². The van der Waals surface area contributed by atoms with Crippen LogP contribution in [0.25, 0.3) is 0 Å². The number of aliphatic imine (C=N–C) groups is 1. The SMILES string of the molecule is COc1cccc(NC(N)=NCC2CCN(CC(F)(F)F)C2)c1. The van der Waals surface area contributed by atoms with Crippen LogP contribution >= 0.6 is 0 Å². The molecule has 5 nitrogen and oxygen atoms in total. The lowest BCUT2D eigenvalue weighted by molar-refractivity contribution is -0.143. The molecule has 0 aromatic heterocycles. The molecule has 0 amide bonds. The quantitative estimate of drug-likeness (QED) is 0.642. The Bertz CT molecular complexity index is 548. The summed E-state index contributed by atoms with van der Waals surface area (Å²) in [6.07, 6.45) is -3.45. The molecular formula is C15H21F3N4O. The van der Waals surface area contributed by atoms with E-state index >= 15 is 0 Å². The molecule has 1 aliphatic heterocycles. The lowest BCUT2D eigenvalue weighted by Crippen LogP contribution is -2.32. The third-order valence-electron chi connectivity index (χ3n) is 3.63. The average Bonchev–Trinajstić information content (AvgIpc) is 2.91. The molecule has 1 saturated heterocycles. The number of nitrogens with zero attached hydrogens (tertiary/aromatic N) is 2. The third kappa shape index (κ3) is 5.97. The molecule has 0 aliphatic carbocycles. The van der Waals surface area contributed by atoms with Crippen molar-refractivity contribution in [2.45, 2.75) is 12.6 Å². The van der Waals surface area contributed by atoms with Crippen molar-refractivity contribution in [3.05, 3.63) is 24.3 Å². The van der Waals surface area contributed by atoms with Gasteiger partial charge in [0.1, 0.15) is 5.75 Å². The number of hydrogen-bond donors (Lipinski definition) is 2. The van der Waals surface area contributed by atoms with Crippen molar-refractivity contribution in [2.24, 2.45) is 16.6 Å². The molecule has 0 spiro atoms. The second kappa shape index (κ2) is 7.54. The Morgan fingerprint density at radius 1 is 1.48 bits per heavy atom. The molecule has 128 valence electrons. The fourth-order valence-electron chi connectivity index (χ4n) is 2.57. The summed E-state index contributed by atoms with van der Waals surface area (Å²) in [5.74, 6) is 1.04. The number of nitrogens with two attached hydrogens (primary N) is 1. The molecule has 3 N–H and O–H groups in total. The monoisotopic (exact) mass is 330 g/mol. The third-order valence-corrected chi connectivity index (χ3v) is 3.63. The van der Waals surface area contributed by atoms with Gasteiger partial charge in [-0.05, 0) is 31.0 Å². The summed E-state index contributed by atoms with van der Waals surface area (Å²) in [5, 5.41) is 2.94. The van der Waals surface area contributed by atoms with Crippen LogP contribution in [0.3, 0.4) is 0 Å². The highest BCUT2D eigenvalue weighted by atomic mass is 19.4. The van der Waals surface area contributed by atoms with E-state index in [9.17, 15) is 13.2 Å². The number of likely N-dealkylation sites (tertiary alicyclic amines) is 1. The first-order valence-corrected chi connectivity index (χ1v) is 7.36. The number of anilines is 1. The van der Waals surface area contributed by atoms with Crippen LogP contribution in [-0.2, 0) is 0 Å². The first-order chi connectivity index (χ1) is 10.9. The maximum absolute atomic E-state index is 12.3. The smallest absolute Gasteiger partial charge is 0.401 e. The summed E-state index contributed by atoms with van der Waals surface area (Å²) in [6, 6.07) is 7.24. The lowest BCUT2D eigenvalue weighted by Gasteiger charge is -2.17. The molecule has 23 heavy (non-hydrogen) atoms. The van der Waals surface area contributed by atoms with Gasteiger partial charge in [-0.3, -0.25) is 9.89 Å². The van der Waals surface area contributed by atoms with Crippen molar-refractivity contribution >= 4 is 11.6 Å². The normalized spacial score (nSPS) is 19.8. The zero-order valence-corrected chi connectivity index (χ0v) is 12.9. The summed E-state index contributed by atoms with van der Waals surface area (Å²) in [7, 11) is 1.57. The molecule has 0 radical (unpaired) electrons. The van der Waals surface area contributed by atoms with Gasteiger partial charge in [0.2, 0.25) is 0 Å². The maximum Gasteiger partial charge on any atom is 0.401 e. The zero-order valence-electron chi connectivity index (χ0n) is 12.9. The van der Waals surface area contributed by atoms with Crippen LogP contribution < -0.4 is 15.8 Å². The average molecular weight is 330 g/mol. The Balaban J connectivity index is 1.81. The number of rotatable bonds is 5. The van der Waals surface area contributed by atoms with Crippen molar-refractivity contribution in [3.63, 3.8) is 0 Å². The highest BCUT2D eigenvalue weighted by Crippen LogP contribution is 2.23. The Kier molecular flexibility index (Phi) is 5.70. The molecule has 1 aromatic carbocycles. The second-order valence-electron chi connectivity index (χ2n) is 5.59. The number of benzene rings is 1. The standard InChI is InChI=1S/C15H21F3N4O/c1-23-13-4-2-3-12(7-13)21-14(19)20-8-11-5-6-22(9-11)10-15(16,17)18/h2-4,7,11H,5-6,8-10H2,1H3,(H3,19,20,21). The number of methoxy groups -OCH3 is 1. The molecule has 1 atom stereocenters. The summed E-state index contributed by atoms with van der Waals surface area (Å²) < 4.78 is 42.1. The number of halogens is 3. The van der Waals surface area contributed by atoms with Crippen LogP contribution in [-0.4, -0.2) is 50.3 Å². The fraction of sp³-hybridized carbons (Fsp3) is 0.533. The zero-order chi connectivity index (χ0) is 16.9. The first-order valence-electron chi connectivity index (χ1n) is 7.36. The molecule has 1 fully saturated rings. The minimum Gasteiger partial charge on any atom is -0.497 e. The summed E-state index contributed by atoms with van der Waals surface area (Å²) in [5.41, 5.74) is 6.56. The van der Waals surface area contributed by atoms with E-state index < -0.39 is 12.7 Å². The molecular weight excluding hydrogens is 309 g/mol. The van der Waals surface area contributed by atoms with Crippen LogP contribution in [0.2, 0.25) is 0 Å². The molecule has 1 aromatic rings. The van der Waals surface area contributed by atoms with E-state index in [1.165, 1.54) is 4.90 Å². The van der Waals surface area contributed by atoms with Gasteiger partial charge in [0.25, 0.3) is 0 Å². The van der Waals surface area contributed by atoms with E-state index in [1.54, 1.807) is 13.2 Å². The molecule has 1 aliphatic rings. The summed E-state index contributed by atoms with van der Waals surface area (Å²) in [4.78, 5) is 5.63. The highest BCUT2D eigenvalue weighted by Gasteiger charge is 2.34. The van der Waals surface area contributed by atoms with Gasteiger partial charge >= 0.3 is 6.18 Å². The van der Waals surface area contributed by atoms with Gasteiger partial charge in [-0.25, -0.2) is 0 Å². The van der Waals surface area contributed by atoms with Gasteiger partial charge in [-0.1, -0.05) is 6.07 Å². The van der Waals surface area contributed by atoms with Crippen LogP contribution in [0.1, 0.15) is 6.42 Å². The largest absolute Gasteiger partial charge is 0.497 e. The minimum absolute atomic E-state index is 0.100. The second-order valence-corrected chi connectivity index (χ2v) is 5.59. The highest BCUT2D eigenvalue weighted by molar-refractivity contribution is 5.92. The van der Waals surface area contributed by atoms with Crippen molar-refractivity contribution < 1.29 is 17.9 Å². The van der Waals surface area contributed by atoms with E-state index in [1.807, 2.05) is 18.2 Å². The minimum atomic E-state index is -4.15. The van der Waals surface area contributed by atoms with Crippen molar-refractivity contribution in [2.75, 3.05) is 38.6 Å². The van der Waals surface area contributed by atoms with E-state index in [0.717, 1.165) is 5.69 Å². The fourth-order valence-corrected chi connectivity index (χ4v) is 2.57. The van der Waals surface area contributed by atoms with Gasteiger partial charge in [0.05, 0.1) is 13.7 Å². The maximum atomic E-state index is 12.3. The van der Waals surface area contributed by atoms with E-state index in [0.29, 0.717) is 31.8 Å². The Morgan fingerprint density at radius 3 is 2.96 bits per heavy atom. The number of guanidine groups is 1. The molecule has 1 heterocycles. The Morgan fingerprint density at radius 2 is 2.26 bits per heavy atom. The molecule has 0 bridgehead atoms. The van der Waals surface area contributed by atoms with Crippen LogP contribution in [0.15, 0.2) is 29.3 Å². The number of ether oxygens (including phenoxy) is 1. The molecule has 1 unspecified atom stereocenters. The topological polar surface area (TPSA) is 62.9 Å². The number of alkyl halides is 3. The van der Waals surface area contributed by atoms with Crippen LogP contribution in [0, 0.1) is 5.92 Å². The van der Waals surface area contributed by atoms with E-state index in [-0.39, 0.29) is 11.9 Å². The van der Waals surface area contributed by atoms with Gasteiger partial charge in [0, 0.05) is 24.8 Å². The molecule has 8 heteroatoms. The first kappa shape index (κ1) is 17.4. The van der Waals surface area contributed by atoms with Crippen molar-refractivity contribution in [3.8, 4) is 5.75 Å². The number of hydrogen-bond acceptors (Lipinski definition) is 3. The predicted octanol–water partition coefficient (Wildman–Crippen LogP) is 2.31. The molecule has 2 rings (SSSR count). The van der Waals surface area contributed by atoms with E-state index in [2.05, 4.69) is 10.3 Å². The summed E-state index contributed by atoms with van der Waals surface area (Å²) in [6.45, 7) is 0.403. The van der Waals surface area contributed by atoms with Crippen molar-refractivity contribution in [1.82, 2.24) is 4.90 Å². The van der Waals surface area contributed by atoms with Crippen LogP contribution in [0.5, 0.6) is 5.75 Å². The molecule has 0 saturated carbocycles.